The van der Waals surface area contributed by atoms with Gasteiger partial charge in [0.25, 0.3) is 5.56 Å². The maximum Gasteiger partial charge on any atom is 0.328 e. The van der Waals surface area contributed by atoms with E-state index in [1.807, 2.05) is 4.98 Å². The Balaban J connectivity index is 2.18. The van der Waals surface area contributed by atoms with Crippen LogP contribution in [0.5, 0.6) is 0 Å². The first-order chi connectivity index (χ1) is 10.1. The lowest BCUT2D eigenvalue weighted by Crippen LogP contribution is -2.31. The third kappa shape index (κ3) is 3.91. The number of hydrogen-bond acceptors (Lipinski definition) is 3. The van der Waals surface area contributed by atoms with Gasteiger partial charge in [0, 0.05) is 12.0 Å². The molecule has 0 radical (unpaired) electrons. The third-order valence-electron chi connectivity index (χ3n) is 2.74. The molecule has 0 saturated carbocycles. The van der Waals surface area contributed by atoms with Gasteiger partial charge >= 0.3 is 5.69 Å². The molecule has 0 amide bonds. The van der Waals surface area contributed by atoms with Gasteiger partial charge in [-0.15, -0.1) is 0 Å². The maximum atomic E-state index is 13.2. The van der Waals surface area contributed by atoms with Crippen molar-refractivity contribution in [1.82, 2.24) is 9.55 Å². The number of H-pyrrole nitrogens is 1. The average Bonchev–Trinajstić information content (AvgIpc) is 2.47. The quantitative estimate of drug-likeness (QED) is 0.806. The van der Waals surface area contributed by atoms with Crippen LogP contribution in [0.4, 0.5) is 4.39 Å². The van der Waals surface area contributed by atoms with Crippen molar-refractivity contribution in [2.75, 3.05) is 6.61 Å². The molecule has 2 rings (SSSR count). The molecule has 0 bridgehead atoms. The number of aromatic nitrogens is 2. The zero-order valence-corrected chi connectivity index (χ0v) is 11.1. The highest BCUT2D eigenvalue weighted by molar-refractivity contribution is 5.36. The lowest BCUT2D eigenvalue weighted by atomic mass is 10.1. The average molecular weight is 288 g/mol. The normalized spacial score (nSPS) is 10.0. The molecule has 2 aromatic rings. The highest BCUT2D eigenvalue weighted by Gasteiger charge is 2.04. The van der Waals surface area contributed by atoms with E-state index in [1.54, 1.807) is 24.3 Å². The molecule has 1 heterocycles. The van der Waals surface area contributed by atoms with E-state index in [1.165, 1.54) is 0 Å². The molecule has 0 aliphatic heterocycles. The molecule has 21 heavy (non-hydrogen) atoms. The molecule has 1 aromatic carbocycles. The van der Waals surface area contributed by atoms with Gasteiger partial charge in [-0.1, -0.05) is 24.0 Å². The summed E-state index contributed by atoms with van der Waals surface area (Å²) in [6.45, 7) is 0.169. The Morgan fingerprint density at radius 1 is 1.24 bits per heavy atom. The summed E-state index contributed by atoms with van der Waals surface area (Å²) in [6.07, 6.45) is 1.30. The first-order valence-corrected chi connectivity index (χ1v) is 6.28. The van der Waals surface area contributed by atoms with E-state index in [0.29, 0.717) is 6.42 Å². The molecule has 0 unspecified atom stereocenters. The summed E-state index contributed by atoms with van der Waals surface area (Å²) in [4.78, 5) is 24.4. The van der Waals surface area contributed by atoms with Gasteiger partial charge in [-0.2, -0.15) is 4.39 Å². The van der Waals surface area contributed by atoms with Crippen molar-refractivity contribution in [3.63, 3.8) is 0 Å². The number of aliphatic hydroxyl groups excluding tert-OH is 1. The van der Waals surface area contributed by atoms with Gasteiger partial charge in [0.2, 0.25) is 5.82 Å². The summed E-state index contributed by atoms with van der Waals surface area (Å²) >= 11 is 0. The van der Waals surface area contributed by atoms with Crippen molar-refractivity contribution in [2.45, 2.75) is 13.0 Å². The maximum absolute atomic E-state index is 13.2. The molecule has 0 aliphatic carbocycles. The summed E-state index contributed by atoms with van der Waals surface area (Å²) in [5, 5.41) is 8.63. The van der Waals surface area contributed by atoms with Crippen molar-refractivity contribution >= 4 is 0 Å². The first-order valence-electron chi connectivity index (χ1n) is 6.28. The van der Waals surface area contributed by atoms with Crippen molar-refractivity contribution in [2.24, 2.45) is 0 Å². The van der Waals surface area contributed by atoms with Crippen LogP contribution in [0.15, 0.2) is 40.1 Å². The molecule has 6 heteroatoms. The van der Waals surface area contributed by atoms with Gasteiger partial charge in [-0.05, 0) is 17.7 Å². The van der Waals surface area contributed by atoms with Gasteiger partial charge in [-0.25, -0.2) is 4.79 Å². The Labute approximate surface area is 119 Å². The first kappa shape index (κ1) is 14.8. The number of aliphatic hydroxyl groups is 1. The van der Waals surface area contributed by atoms with Crippen molar-refractivity contribution < 1.29 is 9.50 Å². The summed E-state index contributed by atoms with van der Waals surface area (Å²) in [7, 11) is 0. The number of hydrogen-bond donors (Lipinski definition) is 2. The van der Waals surface area contributed by atoms with Crippen LogP contribution in [0, 0.1) is 17.7 Å². The Morgan fingerprint density at radius 2 is 1.95 bits per heavy atom. The van der Waals surface area contributed by atoms with Crippen molar-refractivity contribution in [1.29, 1.82) is 0 Å². The van der Waals surface area contributed by atoms with E-state index in [4.69, 9.17) is 5.11 Å². The smallest absolute Gasteiger partial charge is 0.328 e. The van der Waals surface area contributed by atoms with E-state index in [9.17, 15) is 14.0 Å². The molecule has 0 aliphatic rings. The van der Waals surface area contributed by atoms with E-state index >= 15 is 0 Å². The van der Waals surface area contributed by atoms with Crippen LogP contribution < -0.4 is 11.2 Å². The van der Waals surface area contributed by atoms with Crippen molar-refractivity contribution in [3.05, 3.63) is 68.2 Å². The largest absolute Gasteiger partial charge is 0.395 e. The fourth-order valence-corrected chi connectivity index (χ4v) is 1.71. The van der Waals surface area contributed by atoms with Crippen LogP contribution in [0.2, 0.25) is 0 Å². The third-order valence-corrected chi connectivity index (χ3v) is 2.74. The van der Waals surface area contributed by atoms with Crippen LogP contribution in [-0.4, -0.2) is 21.3 Å². The van der Waals surface area contributed by atoms with Crippen LogP contribution in [0.3, 0.4) is 0 Å². The van der Waals surface area contributed by atoms with Crippen LogP contribution in [0.1, 0.15) is 17.5 Å². The van der Waals surface area contributed by atoms with Crippen LogP contribution >= 0.6 is 0 Å². The predicted octanol–water partition coefficient (Wildman–Crippen LogP) is 0.458. The SMILES string of the molecule is O=c1[nH]c(=O)n(Cc2ccc(C#CCCO)cc2)cc1F. The van der Waals surface area contributed by atoms with Crippen LogP contribution in [0.25, 0.3) is 0 Å². The van der Waals surface area contributed by atoms with E-state index in [-0.39, 0.29) is 13.2 Å². The minimum absolute atomic E-state index is 0.0196. The minimum atomic E-state index is -1.02. The Bertz CT molecular complexity index is 795. The zero-order valence-electron chi connectivity index (χ0n) is 11.1. The summed E-state index contributed by atoms with van der Waals surface area (Å²) in [5.74, 6) is 4.68. The summed E-state index contributed by atoms with van der Waals surface area (Å²) < 4.78 is 14.2. The molecule has 108 valence electrons. The highest BCUT2D eigenvalue weighted by Crippen LogP contribution is 2.04. The molecular formula is C15H13FN2O3. The van der Waals surface area contributed by atoms with E-state index in [2.05, 4.69) is 11.8 Å². The Hall–Kier alpha value is -2.65. The van der Waals surface area contributed by atoms with E-state index < -0.39 is 17.1 Å². The molecule has 1 aromatic heterocycles. The van der Waals surface area contributed by atoms with Gasteiger partial charge in [-0.3, -0.25) is 14.3 Å². The fourth-order valence-electron chi connectivity index (χ4n) is 1.71. The van der Waals surface area contributed by atoms with Gasteiger partial charge in [0.05, 0.1) is 19.3 Å². The topological polar surface area (TPSA) is 75.1 Å². The molecule has 0 spiro atoms. The number of nitrogens with one attached hydrogen (secondary N) is 1. The molecular weight excluding hydrogens is 275 g/mol. The standard InChI is InChI=1S/C15H13FN2O3/c16-13-10-18(15(21)17-14(13)20)9-12-6-4-11(5-7-12)3-1-2-8-19/h4-7,10,19H,2,8-9H2,(H,17,20,21). The number of rotatable bonds is 3. The number of benzene rings is 1. The lowest BCUT2D eigenvalue weighted by Gasteiger charge is -2.05. The Kier molecular flexibility index (Phi) is 4.69. The second-order valence-corrected chi connectivity index (χ2v) is 4.34. The molecule has 2 N–H and O–H groups in total. The van der Waals surface area contributed by atoms with Gasteiger partial charge < -0.3 is 5.11 Å². The second kappa shape index (κ2) is 6.68. The second-order valence-electron chi connectivity index (χ2n) is 4.34. The Morgan fingerprint density at radius 3 is 2.62 bits per heavy atom. The zero-order chi connectivity index (χ0) is 15.2. The summed E-state index contributed by atoms with van der Waals surface area (Å²) in [6, 6.07) is 7.07. The fraction of sp³-hybridized carbons (Fsp3) is 0.200. The molecule has 5 nitrogen and oxygen atoms in total. The van der Waals surface area contributed by atoms with Gasteiger partial charge in [0.1, 0.15) is 0 Å². The molecule has 0 atom stereocenters. The van der Waals surface area contributed by atoms with E-state index in [0.717, 1.165) is 21.9 Å². The highest BCUT2D eigenvalue weighted by atomic mass is 19.1. The number of halogens is 1. The van der Waals surface area contributed by atoms with Gasteiger partial charge in [0.15, 0.2) is 0 Å². The monoisotopic (exact) mass is 288 g/mol. The van der Waals surface area contributed by atoms with Crippen LogP contribution in [-0.2, 0) is 6.54 Å². The molecule has 0 saturated heterocycles. The minimum Gasteiger partial charge on any atom is -0.395 e. The number of aromatic amines is 1. The number of nitrogens with zero attached hydrogens (tertiary/aromatic N) is 1. The predicted molar refractivity (Wildman–Crippen MR) is 75.4 cm³/mol. The lowest BCUT2D eigenvalue weighted by molar-refractivity contribution is 0.305. The van der Waals surface area contributed by atoms with Crippen molar-refractivity contribution in [3.8, 4) is 11.8 Å². The summed E-state index contributed by atoms with van der Waals surface area (Å²) in [5.41, 5.74) is -0.123. The molecule has 0 fully saturated rings.